The van der Waals surface area contributed by atoms with E-state index >= 15 is 0 Å². The SMILES string of the molecule is C=Cc1ccccc1S(=O)(=O)O.[KH]. The van der Waals surface area contributed by atoms with Gasteiger partial charge in [0.1, 0.15) is 4.90 Å². The quantitative estimate of drug-likeness (QED) is 0.600. The van der Waals surface area contributed by atoms with Gasteiger partial charge in [-0.25, -0.2) is 0 Å². The van der Waals surface area contributed by atoms with Crippen molar-refractivity contribution in [2.24, 2.45) is 0 Å². The summed E-state index contributed by atoms with van der Waals surface area (Å²) >= 11 is 0. The van der Waals surface area contributed by atoms with Crippen molar-refractivity contribution < 1.29 is 13.0 Å². The normalized spacial score (nSPS) is 10.2. The maximum absolute atomic E-state index is 10.7. The topological polar surface area (TPSA) is 54.4 Å². The van der Waals surface area contributed by atoms with Crippen LogP contribution in [0.2, 0.25) is 0 Å². The Morgan fingerprint density at radius 3 is 2.23 bits per heavy atom. The van der Waals surface area contributed by atoms with Crippen LogP contribution in [0.4, 0.5) is 0 Å². The van der Waals surface area contributed by atoms with Crippen LogP contribution >= 0.6 is 0 Å². The zero-order valence-electron chi connectivity index (χ0n) is 6.27. The van der Waals surface area contributed by atoms with E-state index in [0.29, 0.717) is 5.56 Å². The first-order valence-electron chi connectivity index (χ1n) is 3.24. The van der Waals surface area contributed by atoms with Gasteiger partial charge in [-0.2, -0.15) is 8.42 Å². The molecule has 0 aromatic heterocycles. The molecule has 0 radical (unpaired) electrons. The molecular formula is C8H9KO3S. The van der Waals surface area contributed by atoms with Crippen molar-refractivity contribution in [2.45, 2.75) is 4.90 Å². The van der Waals surface area contributed by atoms with Crippen LogP contribution in [0.5, 0.6) is 0 Å². The molecule has 0 spiro atoms. The van der Waals surface area contributed by atoms with Crippen LogP contribution in [0.1, 0.15) is 5.56 Å². The molecule has 0 saturated carbocycles. The van der Waals surface area contributed by atoms with Crippen LogP contribution in [-0.2, 0) is 10.1 Å². The van der Waals surface area contributed by atoms with Crippen molar-refractivity contribution in [3.63, 3.8) is 0 Å². The molecule has 0 aliphatic heterocycles. The first kappa shape index (κ1) is 13.5. The molecule has 3 nitrogen and oxygen atoms in total. The maximum atomic E-state index is 10.7. The zero-order valence-corrected chi connectivity index (χ0v) is 7.08. The van der Waals surface area contributed by atoms with Crippen molar-refractivity contribution in [3.05, 3.63) is 36.4 Å². The second-order valence-corrected chi connectivity index (χ2v) is 3.61. The Morgan fingerprint density at radius 1 is 1.31 bits per heavy atom. The summed E-state index contributed by atoms with van der Waals surface area (Å²) in [5, 5.41) is 0. The molecule has 0 heterocycles. The molecule has 1 aromatic rings. The Labute approximate surface area is 120 Å². The number of hydrogen-bond donors (Lipinski definition) is 1. The molecule has 0 aliphatic rings. The Kier molecular flexibility index (Phi) is 5.61. The van der Waals surface area contributed by atoms with Crippen molar-refractivity contribution in [2.75, 3.05) is 0 Å². The molecular weight excluding hydrogens is 215 g/mol. The Hall–Kier alpha value is 0.506. The molecule has 5 heteroatoms. The fourth-order valence-electron chi connectivity index (χ4n) is 0.884. The molecule has 1 aromatic carbocycles. The molecule has 13 heavy (non-hydrogen) atoms. The molecule has 0 unspecified atom stereocenters. The predicted molar refractivity (Wildman–Crippen MR) is 53.5 cm³/mol. The minimum absolute atomic E-state index is 0. The summed E-state index contributed by atoms with van der Waals surface area (Å²) < 4.78 is 30.2. The van der Waals surface area contributed by atoms with E-state index in [-0.39, 0.29) is 56.3 Å². The molecule has 0 atom stereocenters. The van der Waals surface area contributed by atoms with Gasteiger partial charge in [-0.15, -0.1) is 0 Å². The molecule has 66 valence electrons. The van der Waals surface area contributed by atoms with Crippen molar-refractivity contribution >= 4 is 67.6 Å². The summed E-state index contributed by atoms with van der Waals surface area (Å²) in [5.41, 5.74) is 0.403. The molecule has 0 fully saturated rings. The molecule has 0 bridgehead atoms. The standard InChI is InChI=1S/C8H8O3S.K.H/c1-2-7-5-3-4-6-8(7)12(9,10)11;;/h2-6H,1H2,(H,9,10,11);;. The second-order valence-electron chi connectivity index (χ2n) is 2.22. The molecule has 1 N–H and O–H groups in total. The molecule has 0 amide bonds. The van der Waals surface area contributed by atoms with E-state index in [1.54, 1.807) is 12.1 Å². The van der Waals surface area contributed by atoms with E-state index in [4.69, 9.17) is 4.55 Å². The summed E-state index contributed by atoms with van der Waals surface area (Å²) in [4.78, 5) is -0.111. The van der Waals surface area contributed by atoms with Gasteiger partial charge in [0, 0.05) is 0 Å². The third-order valence-electron chi connectivity index (χ3n) is 1.42. The second kappa shape index (κ2) is 5.40. The van der Waals surface area contributed by atoms with E-state index in [9.17, 15) is 8.42 Å². The molecule has 1 rings (SSSR count). The van der Waals surface area contributed by atoms with Crippen LogP contribution in [0.25, 0.3) is 6.08 Å². The summed E-state index contributed by atoms with van der Waals surface area (Å²) in [6.45, 7) is 3.43. The van der Waals surface area contributed by atoms with Gasteiger partial charge in [-0.3, -0.25) is 4.55 Å². The van der Waals surface area contributed by atoms with Crippen LogP contribution < -0.4 is 0 Å². The minimum atomic E-state index is -4.12. The van der Waals surface area contributed by atoms with E-state index in [1.807, 2.05) is 0 Å². The summed E-state index contributed by atoms with van der Waals surface area (Å²) in [7, 11) is -4.12. The third-order valence-corrected chi connectivity index (χ3v) is 2.34. The summed E-state index contributed by atoms with van der Waals surface area (Å²) in [6, 6.07) is 6.10. The van der Waals surface area contributed by atoms with Gasteiger partial charge in [0.2, 0.25) is 0 Å². The van der Waals surface area contributed by atoms with Gasteiger partial charge in [-0.05, 0) is 11.6 Å². The first-order valence-corrected chi connectivity index (χ1v) is 4.68. The van der Waals surface area contributed by atoms with Gasteiger partial charge in [0.25, 0.3) is 10.1 Å². The van der Waals surface area contributed by atoms with Crippen LogP contribution in [0.3, 0.4) is 0 Å². The van der Waals surface area contributed by atoms with Gasteiger partial charge >= 0.3 is 51.4 Å². The monoisotopic (exact) mass is 224 g/mol. The summed E-state index contributed by atoms with van der Waals surface area (Å²) in [5.74, 6) is 0. The predicted octanol–water partition coefficient (Wildman–Crippen LogP) is 0.928. The van der Waals surface area contributed by atoms with Crippen molar-refractivity contribution in [3.8, 4) is 0 Å². The summed E-state index contributed by atoms with van der Waals surface area (Å²) in [6.07, 6.45) is 1.38. The van der Waals surface area contributed by atoms with Gasteiger partial charge < -0.3 is 0 Å². The average Bonchev–Trinajstić information content (AvgIpc) is 2.03. The van der Waals surface area contributed by atoms with Crippen molar-refractivity contribution in [1.82, 2.24) is 0 Å². The Balaban J connectivity index is 0.00000144. The van der Waals surface area contributed by atoms with Gasteiger partial charge in [0.15, 0.2) is 0 Å². The van der Waals surface area contributed by atoms with E-state index < -0.39 is 10.1 Å². The van der Waals surface area contributed by atoms with Crippen LogP contribution in [-0.4, -0.2) is 64.4 Å². The number of rotatable bonds is 2. The van der Waals surface area contributed by atoms with Gasteiger partial charge in [0.05, 0.1) is 0 Å². The zero-order chi connectivity index (χ0) is 9.19. The van der Waals surface area contributed by atoms with E-state index in [2.05, 4.69) is 6.58 Å². The van der Waals surface area contributed by atoms with Crippen LogP contribution in [0, 0.1) is 0 Å². The number of benzene rings is 1. The van der Waals surface area contributed by atoms with Crippen LogP contribution in [0.15, 0.2) is 35.7 Å². The Bertz CT molecular complexity index is 398. The average molecular weight is 224 g/mol. The Morgan fingerprint density at radius 2 is 1.85 bits per heavy atom. The molecule has 0 saturated heterocycles. The van der Waals surface area contributed by atoms with Crippen molar-refractivity contribution in [1.29, 1.82) is 0 Å². The van der Waals surface area contributed by atoms with Gasteiger partial charge in [-0.1, -0.05) is 30.9 Å². The van der Waals surface area contributed by atoms with E-state index in [1.165, 1.54) is 18.2 Å². The molecule has 0 aliphatic carbocycles. The van der Waals surface area contributed by atoms with E-state index in [0.717, 1.165) is 0 Å². The fraction of sp³-hybridized carbons (Fsp3) is 0. The number of hydrogen-bond acceptors (Lipinski definition) is 2. The fourth-order valence-corrected chi connectivity index (χ4v) is 1.58. The third kappa shape index (κ3) is 3.63. The first-order chi connectivity index (χ1) is 5.55.